The van der Waals surface area contributed by atoms with Crippen LogP contribution in [0.1, 0.15) is 18.5 Å². The average Bonchev–Trinajstić information content (AvgIpc) is 3.02. The van der Waals surface area contributed by atoms with Crippen molar-refractivity contribution in [2.75, 3.05) is 19.0 Å². The molecule has 1 aromatic rings. The molecule has 1 heterocycles. The minimum absolute atomic E-state index is 0.397. The topological polar surface area (TPSA) is 51.4 Å². The molecule has 0 aliphatic heterocycles. The molecule has 2 N–H and O–H groups in total. The third-order valence-corrected chi connectivity index (χ3v) is 2.41. The molecule has 15 heavy (non-hydrogen) atoms. The van der Waals surface area contributed by atoms with E-state index in [2.05, 4.69) is 4.98 Å². The first-order valence-corrected chi connectivity index (χ1v) is 5.23. The van der Waals surface area contributed by atoms with Gasteiger partial charge in [0.15, 0.2) is 5.75 Å². The first kappa shape index (κ1) is 10.2. The van der Waals surface area contributed by atoms with Crippen LogP contribution in [-0.4, -0.2) is 25.2 Å². The van der Waals surface area contributed by atoms with Gasteiger partial charge in [0.1, 0.15) is 0 Å². The third-order valence-electron chi connectivity index (χ3n) is 2.41. The molecule has 1 fully saturated rings. The summed E-state index contributed by atoms with van der Waals surface area (Å²) < 4.78 is 5.77. The summed E-state index contributed by atoms with van der Waals surface area (Å²) in [6, 6.07) is 1.98. The van der Waals surface area contributed by atoms with Gasteiger partial charge in [0.2, 0.25) is 0 Å². The number of hydrogen-bond donors (Lipinski definition) is 1. The molecule has 0 unspecified atom stereocenters. The van der Waals surface area contributed by atoms with E-state index in [0.29, 0.717) is 12.6 Å². The Morgan fingerprint density at radius 3 is 2.80 bits per heavy atom. The molecule has 1 saturated carbocycles. The van der Waals surface area contributed by atoms with Crippen molar-refractivity contribution in [1.82, 2.24) is 4.98 Å². The number of rotatable bonds is 4. The fourth-order valence-corrected chi connectivity index (χ4v) is 1.39. The van der Waals surface area contributed by atoms with Crippen LogP contribution < -0.4 is 15.4 Å². The summed E-state index contributed by atoms with van der Waals surface area (Å²) in [6.45, 7) is 0.463. The van der Waals surface area contributed by atoms with Gasteiger partial charge in [0.05, 0.1) is 23.7 Å². The summed E-state index contributed by atoms with van der Waals surface area (Å²) in [5, 5.41) is 0. The SMILES string of the molecule is CN(C)c1cc(CN)ncc1OC1CC1. The summed E-state index contributed by atoms with van der Waals surface area (Å²) in [6.07, 6.45) is 4.49. The predicted molar refractivity (Wildman–Crippen MR) is 60.1 cm³/mol. The van der Waals surface area contributed by atoms with E-state index in [1.165, 1.54) is 0 Å². The maximum atomic E-state index is 5.77. The molecule has 0 bridgehead atoms. The van der Waals surface area contributed by atoms with E-state index in [1.807, 2.05) is 25.1 Å². The molecule has 1 aliphatic rings. The van der Waals surface area contributed by atoms with Gasteiger partial charge < -0.3 is 15.4 Å². The largest absolute Gasteiger partial charge is 0.487 e. The molecule has 0 amide bonds. The Labute approximate surface area is 90.0 Å². The van der Waals surface area contributed by atoms with Crippen molar-refractivity contribution in [3.63, 3.8) is 0 Å². The lowest BCUT2D eigenvalue weighted by Crippen LogP contribution is -2.13. The molecule has 1 aliphatic carbocycles. The van der Waals surface area contributed by atoms with Gasteiger partial charge in [-0.1, -0.05) is 0 Å². The van der Waals surface area contributed by atoms with Crippen LogP contribution in [0.25, 0.3) is 0 Å². The minimum atomic E-state index is 0.397. The lowest BCUT2D eigenvalue weighted by atomic mass is 10.3. The third kappa shape index (κ3) is 2.39. The highest BCUT2D eigenvalue weighted by atomic mass is 16.5. The van der Waals surface area contributed by atoms with Crippen molar-refractivity contribution >= 4 is 5.69 Å². The van der Waals surface area contributed by atoms with Gasteiger partial charge in [0.25, 0.3) is 0 Å². The second-order valence-electron chi connectivity index (χ2n) is 4.06. The Bertz CT molecular complexity index is 348. The zero-order valence-electron chi connectivity index (χ0n) is 9.23. The number of pyridine rings is 1. The van der Waals surface area contributed by atoms with Crippen LogP contribution in [0.15, 0.2) is 12.3 Å². The van der Waals surface area contributed by atoms with Gasteiger partial charge in [-0.2, -0.15) is 0 Å². The van der Waals surface area contributed by atoms with Gasteiger partial charge in [-0.3, -0.25) is 4.98 Å². The van der Waals surface area contributed by atoms with Crippen molar-refractivity contribution in [3.8, 4) is 5.75 Å². The van der Waals surface area contributed by atoms with Crippen molar-refractivity contribution in [3.05, 3.63) is 18.0 Å². The smallest absolute Gasteiger partial charge is 0.161 e. The van der Waals surface area contributed by atoms with Crippen molar-refractivity contribution in [2.45, 2.75) is 25.5 Å². The van der Waals surface area contributed by atoms with Crippen LogP contribution in [0.4, 0.5) is 5.69 Å². The van der Waals surface area contributed by atoms with Gasteiger partial charge in [0, 0.05) is 20.6 Å². The quantitative estimate of drug-likeness (QED) is 0.804. The highest BCUT2D eigenvalue weighted by molar-refractivity contribution is 5.57. The first-order chi connectivity index (χ1) is 7.20. The second-order valence-corrected chi connectivity index (χ2v) is 4.06. The number of anilines is 1. The van der Waals surface area contributed by atoms with Gasteiger partial charge in [-0.15, -0.1) is 0 Å². The van der Waals surface area contributed by atoms with Crippen LogP contribution in [0.3, 0.4) is 0 Å². The van der Waals surface area contributed by atoms with Crippen LogP contribution in [0.5, 0.6) is 5.75 Å². The van der Waals surface area contributed by atoms with Crippen LogP contribution in [0.2, 0.25) is 0 Å². The highest BCUT2D eigenvalue weighted by Gasteiger charge is 2.25. The molecule has 4 nitrogen and oxygen atoms in total. The summed E-state index contributed by atoms with van der Waals surface area (Å²) >= 11 is 0. The monoisotopic (exact) mass is 207 g/mol. The highest BCUT2D eigenvalue weighted by Crippen LogP contribution is 2.33. The molecule has 0 radical (unpaired) electrons. The number of hydrogen-bond acceptors (Lipinski definition) is 4. The van der Waals surface area contributed by atoms with E-state index < -0.39 is 0 Å². The molecule has 0 atom stereocenters. The molecular weight excluding hydrogens is 190 g/mol. The van der Waals surface area contributed by atoms with E-state index in [9.17, 15) is 0 Å². The maximum Gasteiger partial charge on any atom is 0.161 e. The van der Waals surface area contributed by atoms with Gasteiger partial charge in [-0.05, 0) is 18.9 Å². The van der Waals surface area contributed by atoms with Crippen molar-refractivity contribution in [2.24, 2.45) is 5.73 Å². The maximum absolute atomic E-state index is 5.77. The molecule has 1 aromatic heterocycles. The Morgan fingerprint density at radius 2 is 2.27 bits per heavy atom. The molecule has 0 saturated heterocycles. The van der Waals surface area contributed by atoms with Gasteiger partial charge in [-0.25, -0.2) is 0 Å². The number of nitrogens with zero attached hydrogens (tertiary/aromatic N) is 2. The number of ether oxygens (including phenoxy) is 1. The van der Waals surface area contributed by atoms with E-state index in [0.717, 1.165) is 30.0 Å². The van der Waals surface area contributed by atoms with Gasteiger partial charge >= 0.3 is 0 Å². The fourth-order valence-electron chi connectivity index (χ4n) is 1.39. The Balaban J connectivity index is 2.25. The lowest BCUT2D eigenvalue weighted by molar-refractivity contribution is 0.302. The zero-order valence-corrected chi connectivity index (χ0v) is 9.23. The van der Waals surface area contributed by atoms with E-state index in [-0.39, 0.29) is 0 Å². The first-order valence-electron chi connectivity index (χ1n) is 5.23. The number of nitrogens with two attached hydrogens (primary N) is 1. The molecule has 0 spiro atoms. The second kappa shape index (κ2) is 4.06. The molecule has 0 aromatic carbocycles. The van der Waals surface area contributed by atoms with Crippen LogP contribution in [-0.2, 0) is 6.54 Å². The Kier molecular flexibility index (Phi) is 2.77. The molecular formula is C11H17N3O. The van der Waals surface area contributed by atoms with Crippen molar-refractivity contribution in [1.29, 1.82) is 0 Å². The van der Waals surface area contributed by atoms with E-state index in [4.69, 9.17) is 10.5 Å². The average molecular weight is 207 g/mol. The van der Waals surface area contributed by atoms with E-state index >= 15 is 0 Å². The summed E-state index contributed by atoms with van der Waals surface area (Å²) in [7, 11) is 3.99. The summed E-state index contributed by atoms with van der Waals surface area (Å²) in [5.41, 5.74) is 7.50. The standard InChI is InChI=1S/C11H17N3O/c1-14(2)10-5-8(6-12)13-7-11(10)15-9-3-4-9/h5,7,9H,3-4,6,12H2,1-2H3. The summed E-state index contributed by atoms with van der Waals surface area (Å²) in [4.78, 5) is 6.27. The molecule has 4 heteroatoms. The van der Waals surface area contributed by atoms with Crippen molar-refractivity contribution < 1.29 is 4.74 Å². The summed E-state index contributed by atoms with van der Waals surface area (Å²) in [5.74, 6) is 0.861. The molecule has 2 rings (SSSR count). The molecule has 82 valence electrons. The number of aromatic nitrogens is 1. The zero-order chi connectivity index (χ0) is 10.8. The Morgan fingerprint density at radius 1 is 1.53 bits per heavy atom. The Hall–Kier alpha value is -1.29. The fraction of sp³-hybridized carbons (Fsp3) is 0.545. The predicted octanol–water partition coefficient (Wildman–Crippen LogP) is 1.15. The minimum Gasteiger partial charge on any atom is -0.487 e. The van der Waals surface area contributed by atoms with Crippen LogP contribution >= 0.6 is 0 Å². The van der Waals surface area contributed by atoms with Crippen LogP contribution in [0, 0.1) is 0 Å². The lowest BCUT2D eigenvalue weighted by Gasteiger charge is -2.18. The van der Waals surface area contributed by atoms with E-state index in [1.54, 1.807) is 6.20 Å². The normalized spacial score (nSPS) is 15.1.